The summed E-state index contributed by atoms with van der Waals surface area (Å²) in [5.74, 6) is -1.56. The number of hydrogen-bond acceptors (Lipinski definition) is 7. The molecule has 5 rings (SSSR count). The van der Waals surface area contributed by atoms with E-state index in [-0.39, 0.29) is 33.1 Å². The Morgan fingerprint density at radius 3 is 1.88 bits per heavy atom. The van der Waals surface area contributed by atoms with Gasteiger partial charge in [-0.2, -0.15) is 0 Å². The molecule has 1 fully saturated rings. The lowest BCUT2D eigenvalue weighted by atomic mass is 9.97. The molecule has 0 bridgehead atoms. The lowest BCUT2D eigenvalue weighted by Crippen LogP contribution is -2.37. The number of esters is 1. The molecule has 3 heterocycles. The number of halogens is 3. The van der Waals surface area contributed by atoms with Crippen molar-refractivity contribution in [3.05, 3.63) is 74.9 Å². The molecule has 0 amide bonds. The van der Waals surface area contributed by atoms with Crippen LogP contribution in [0.3, 0.4) is 0 Å². The van der Waals surface area contributed by atoms with Crippen LogP contribution in [-0.4, -0.2) is 57.8 Å². The Morgan fingerprint density at radius 1 is 0.825 bits per heavy atom. The van der Waals surface area contributed by atoms with Crippen molar-refractivity contribution >= 4 is 80.3 Å². The first-order valence-electron chi connectivity index (χ1n) is 12.3. The fraction of sp³-hybridized carbons (Fsp3) is 0.250. The predicted octanol–water partition coefficient (Wildman–Crippen LogP) is 6.61. The number of fused-ring (bicyclic) bond motifs is 2. The number of ether oxygens (including phenoxy) is 1. The predicted molar refractivity (Wildman–Crippen MR) is 154 cm³/mol. The molecule has 0 radical (unpaired) electrons. The molecule has 2 N–H and O–H groups in total. The maximum Gasteiger partial charge on any atom is 0.337 e. The van der Waals surface area contributed by atoms with Crippen LogP contribution in [0.4, 0.5) is 5.82 Å². The molecule has 2 aromatic carbocycles. The molecular weight excluding hydrogens is 581 g/mol. The molecule has 2 aromatic heterocycles. The molecule has 4 aromatic rings. The Kier molecular flexibility index (Phi) is 9.29. The van der Waals surface area contributed by atoms with Gasteiger partial charge in [-0.05, 0) is 68.3 Å². The first kappa shape index (κ1) is 29.3. The number of aromatic nitrogens is 2. The average molecular weight is 605 g/mol. The summed E-state index contributed by atoms with van der Waals surface area (Å²) < 4.78 is 5.09. The summed E-state index contributed by atoms with van der Waals surface area (Å²) in [6.45, 7) is 3.63. The number of carboxylic acid groups (broad SMARTS) is 2. The standard InChI is InChI=1S/C18H19ClN2O4.C10H5Cl2NO2/c1-2-25-18(24)11-7-9-21(10-8-11)15-6-3-12-14(20-15)5-4-13(19)16(12)17(22)23;11-6-2-3-7-5(9(6)10(14)15)1-4-8(12)13-7/h3-6,11H,2,7-10H2,1H3,(H,22,23);1-4H,(H,14,15). The van der Waals surface area contributed by atoms with Gasteiger partial charge in [0.05, 0.1) is 44.7 Å². The van der Waals surface area contributed by atoms with Crippen LogP contribution < -0.4 is 4.90 Å². The molecular formula is C28H24Cl3N3O6. The first-order valence-corrected chi connectivity index (χ1v) is 13.5. The van der Waals surface area contributed by atoms with Crippen molar-refractivity contribution in [3.63, 3.8) is 0 Å². The van der Waals surface area contributed by atoms with E-state index in [2.05, 4.69) is 14.9 Å². The third kappa shape index (κ3) is 6.38. The zero-order valence-corrected chi connectivity index (χ0v) is 23.5. The number of pyridine rings is 2. The number of rotatable bonds is 5. The zero-order valence-electron chi connectivity index (χ0n) is 21.2. The van der Waals surface area contributed by atoms with E-state index in [1.54, 1.807) is 36.4 Å². The van der Waals surface area contributed by atoms with Gasteiger partial charge in [0.2, 0.25) is 0 Å². The number of carbonyl (C=O) groups excluding carboxylic acids is 1. The second kappa shape index (κ2) is 12.7. The van der Waals surface area contributed by atoms with E-state index >= 15 is 0 Å². The lowest BCUT2D eigenvalue weighted by Gasteiger charge is -2.31. The smallest absolute Gasteiger partial charge is 0.337 e. The average Bonchev–Trinajstić information content (AvgIpc) is 2.93. The minimum Gasteiger partial charge on any atom is -0.478 e. The van der Waals surface area contributed by atoms with Crippen LogP contribution in [0.15, 0.2) is 48.5 Å². The Hall–Kier alpha value is -3.66. The maximum absolute atomic E-state index is 11.8. The fourth-order valence-electron chi connectivity index (χ4n) is 4.53. The van der Waals surface area contributed by atoms with Crippen molar-refractivity contribution in [3.8, 4) is 0 Å². The Bertz CT molecular complexity index is 1610. The Labute approximate surface area is 244 Å². The van der Waals surface area contributed by atoms with Crippen molar-refractivity contribution in [2.75, 3.05) is 24.6 Å². The summed E-state index contributed by atoms with van der Waals surface area (Å²) in [5, 5.41) is 20.0. The topological polar surface area (TPSA) is 130 Å². The van der Waals surface area contributed by atoms with Gasteiger partial charge in [0, 0.05) is 23.9 Å². The van der Waals surface area contributed by atoms with Crippen molar-refractivity contribution in [1.29, 1.82) is 0 Å². The number of hydrogen-bond donors (Lipinski definition) is 2. The van der Waals surface area contributed by atoms with E-state index in [1.807, 2.05) is 6.92 Å². The SMILES string of the molecule is CCOC(=O)C1CCN(c2ccc3c(C(=O)O)c(Cl)ccc3n2)CC1.O=C(O)c1c(Cl)ccc2nc(Cl)ccc12. The molecule has 0 aliphatic carbocycles. The number of benzene rings is 2. The number of anilines is 1. The second-order valence-electron chi connectivity index (χ2n) is 8.91. The number of piperidine rings is 1. The minimum absolute atomic E-state index is 0.0540. The summed E-state index contributed by atoms with van der Waals surface area (Å²) in [6.07, 6.45) is 1.44. The van der Waals surface area contributed by atoms with Crippen LogP contribution in [0.2, 0.25) is 15.2 Å². The van der Waals surface area contributed by atoms with Gasteiger partial charge in [-0.15, -0.1) is 0 Å². The second-order valence-corrected chi connectivity index (χ2v) is 10.1. The molecule has 0 unspecified atom stereocenters. The zero-order chi connectivity index (χ0) is 29.0. The van der Waals surface area contributed by atoms with E-state index in [0.29, 0.717) is 46.7 Å². The third-order valence-electron chi connectivity index (χ3n) is 6.46. The van der Waals surface area contributed by atoms with Gasteiger partial charge < -0.3 is 19.8 Å². The van der Waals surface area contributed by atoms with Gasteiger partial charge in [-0.25, -0.2) is 19.6 Å². The quantitative estimate of drug-likeness (QED) is 0.191. The van der Waals surface area contributed by atoms with Gasteiger partial charge in [0.15, 0.2) is 0 Å². The molecule has 40 heavy (non-hydrogen) atoms. The molecule has 9 nitrogen and oxygen atoms in total. The number of carbonyl (C=O) groups is 3. The summed E-state index contributed by atoms with van der Waals surface area (Å²) in [4.78, 5) is 44.9. The Morgan fingerprint density at radius 2 is 1.35 bits per heavy atom. The molecule has 1 aliphatic rings. The van der Waals surface area contributed by atoms with Crippen LogP contribution >= 0.6 is 34.8 Å². The number of carboxylic acids is 2. The highest BCUT2D eigenvalue weighted by atomic mass is 35.5. The van der Waals surface area contributed by atoms with Crippen molar-refractivity contribution in [2.24, 2.45) is 5.92 Å². The third-order valence-corrected chi connectivity index (χ3v) is 7.30. The molecule has 12 heteroatoms. The van der Waals surface area contributed by atoms with E-state index in [4.69, 9.17) is 44.6 Å². The highest BCUT2D eigenvalue weighted by molar-refractivity contribution is 6.36. The normalized spacial score (nSPS) is 13.6. The van der Waals surface area contributed by atoms with Crippen LogP contribution in [0, 0.1) is 5.92 Å². The van der Waals surface area contributed by atoms with Crippen molar-refractivity contribution in [1.82, 2.24) is 9.97 Å². The molecule has 0 spiro atoms. The van der Waals surface area contributed by atoms with Gasteiger partial charge >= 0.3 is 17.9 Å². The van der Waals surface area contributed by atoms with Crippen LogP contribution in [0.25, 0.3) is 21.8 Å². The first-order chi connectivity index (χ1) is 19.1. The highest BCUT2D eigenvalue weighted by Crippen LogP contribution is 2.29. The monoisotopic (exact) mass is 603 g/mol. The summed E-state index contributed by atoms with van der Waals surface area (Å²) in [5.41, 5.74) is 1.23. The van der Waals surface area contributed by atoms with Gasteiger partial charge in [0.1, 0.15) is 11.0 Å². The molecule has 1 aliphatic heterocycles. The highest BCUT2D eigenvalue weighted by Gasteiger charge is 2.27. The van der Waals surface area contributed by atoms with E-state index in [1.165, 1.54) is 12.1 Å². The maximum atomic E-state index is 11.8. The molecule has 208 valence electrons. The van der Waals surface area contributed by atoms with E-state index in [9.17, 15) is 19.5 Å². The van der Waals surface area contributed by atoms with Gasteiger partial charge in [-0.3, -0.25) is 4.79 Å². The van der Waals surface area contributed by atoms with E-state index in [0.717, 1.165) is 18.7 Å². The summed E-state index contributed by atoms with van der Waals surface area (Å²) >= 11 is 17.5. The lowest BCUT2D eigenvalue weighted by molar-refractivity contribution is -0.148. The van der Waals surface area contributed by atoms with Gasteiger partial charge in [-0.1, -0.05) is 34.8 Å². The van der Waals surface area contributed by atoms with Gasteiger partial charge in [0.25, 0.3) is 0 Å². The number of nitrogens with zero attached hydrogens (tertiary/aromatic N) is 3. The van der Waals surface area contributed by atoms with Crippen molar-refractivity contribution in [2.45, 2.75) is 19.8 Å². The van der Waals surface area contributed by atoms with Crippen LogP contribution in [-0.2, 0) is 9.53 Å². The molecule has 0 atom stereocenters. The Balaban J connectivity index is 0.000000210. The largest absolute Gasteiger partial charge is 0.478 e. The van der Waals surface area contributed by atoms with Crippen molar-refractivity contribution < 1.29 is 29.3 Å². The summed E-state index contributed by atoms with van der Waals surface area (Å²) in [7, 11) is 0. The molecule has 1 saturated heterocycles. The summed E-state index contributed by atoms with van der Waals surface area (Å²) in [6, 6.07) is 13.1. The van der Waals surface area contributed by atoms with Crippen LogP contribution in [0.1, 0.15) is 40.5 Å². The van der Waals surface area contributed by atoms with Crippen LogP contribution in [0.5, 0.6) is 0 Å². The fourth-order valence-corrected chi connectivity index (χ4v) is 5.18. The minimum atomic E-state index is -1.07. The molecule has 0 saturated carbocycles. The van der Waals surface area contributed by atoms with E-state index < -0.39 is 11.9 Å². The number of aromatic carboxylic acids is 2.